The minimum Gasteiger partial charge on any atom is -0.490 e. The number of para-hydroxylation sites is 1. The Morgan fingerprint density at radius 2 is 1.76 bits per heavy atom. The Kier molecular flexibility index (Phi) is 7.30. The zero-order chi connectivity index (χ0) is 20.5. The predicted molar refractivity (Wildman–Crippen MR) is 112 cm³/mol. The number of nitrogens with zero attached hydrogens (tertiary/aromatic N) is 1. The summed E-state index contributed by atoms with van der Waals surface area (Å²) in [4.78, 5) is 16.4. The number of nitrogens with one attached hydrogen (secondary N) is 1. The second kappa shape index (κ2) is 10.3. The van der Waals surface area contributed by atoms with Crippen LogP contribution in [-0.2, 0) is 0 Å². The standard InChI is InChI=1S/C22H21ClN2O4/c1-2-27-21-14-16(22(26)25-17-6-5-11-24-15-17)9-10-20(21)29-13-12-28-19-8-4-3-7-18(19)23/h3-11,14-15H,2,12-13H2,1H3,(H,25,26). The summed E-state index contributed by atoms with van der Waals surface area (Å²) < 4.78 is 17.0. The van der Waals surface area contributed by atoms with Gasteiger partial charge in [-0.1, -0.05) is 23.7 Å². The Balaban J connectivity index is 1.61. The summed E-state index contributed by atoms with van der Waals surface area (Å²) in [5.74, 6) is 1.37. The molecule has 29 heavy (non-hydrogen) atoms. The number of pyridine rings is 1. The van der Waals surface area contributed by atoms with Crippen LogP contribution >= 0.6 is 11.6 Å². The van der Waals surface area contributed by atoms with E-state index in [2.05, 4.69) is 10.3 Å². The zero-order valence-corrected chi connectivity index (χ0v) is 16.7. The fraction of sp³-hybridized carbons (Fsp3) is 0.182. The van der Waals surface area contributed by atoms with Crippen LogP contribution in [0.2, 0.25) is 5.02 Å². The van der Waals surface area contributed by atoms with Crippen molar-refractivity contribution >= 4 is 23.2 Å². The van der Waals surface area contributed by atoms with Gasteiger partial charge in [-0.2, -0.15) is 0 Å². The molecule has 7 heteroatoms. The van der Waals surface area contributed by atoms with E-state index in [0.29, 0.717) is 53.3 Å². The fourth-order valence-corrected chi connectivity index (χ4v) is 2.73. The number of amides is 1. The minimum absolute atomic E-state index is 0.257. The molecule has 3 rings (SSSR count). The lowest BCUT2D eigenvalue weighted by Gasteiger charge is -2.14. The number of hydrogen-bond donors (Lipinski definition) is 1. The van der Waals surface area contributed by atoms with Crippen molar-refractivity contribution in [3.63, 3.8) is 0 Å². The topological polar surface area (TPSA) is 69.7 Å². The number of benzene rings is 2. The number of anilines is 1. The average molecular weight is 413 g/mol. The minimum atomic E-state index is -0.257. The second-order valence-electron chi connectivity index (χ2n) is 5.92. The molecule has 0 atom stereocenters. The van der Waals surface area contributed by atoms with Gasteiger partial charge in [-0.05, 0) is 49.4 Å². The third-order valence-electron chi connectivity index (χ3n) is 3.86. The van der Waals surface area contributed by atoms with Crippen molar-refractivity contribution in [2.75, 3.05) is 25.1 Å². The molecule has 0 saturated heterocycles. The summed E-state index contributed by atoms with van der Waals surface area (Å²) in [6.07, 6.45) is 3.22. The first-order valence-electron chi connectivity index (χ1n) is 9.15. The van der Waals surface area contributed by atoms with Crippen LogP contribution in [0.25, 0.3) is 0 Å². The number of carbonyl (C=O) groups excluding carboxylic acids is 1. The molecule has 0 aliphatic rings. The lowest BCUT2D eigenvalue weighted by atomic mass is 10.2. The van der Waals surface area contributed by atoms with Crippen molar-refractivity contribution in [2.45, 2.75) is 6.92 Å². The van der Waals surface area contributed by atoms with Crippen LogP contribution in [0.15, 0.2) is 67.0 Å². The molecular formula is C22H21ClN2O4. The molecule has 0 unspecified atom stereocenters. The van der Waals surface area contributed by atoms with E-state index in [1.54, 1.807) is 54.9 Å². The number of hydrogen-bond acceptors (Lipinski definition) is 5. The molecule has 0 aliphatic carbocycles. The summed E-state index contributed by atoms with van der Waals surface area (Å²) in [5, 5.41) is 3.34. The van der Waals surface area contributed by atoms with Crippen LogP contribution in [-0.4, -0.2) is 30.7 Å². The smallest absolute Gasteiger partial charge is 0.255 e. The fourth-order valence-electron chi connectivity index (χ4n) is 2.54. The summed E-state index contributed by atoms with van der Waals surface area (Å²) in [5.41, 5.74) is 1.07. The highest BCUT2D eigenvalue weighted by Gasteiger charge is 2.12. The quantitative estimate of drug-likeness (QED) is 0.509. The van der Waals surface area contributed by atoms with Gasteiger partial charge in [-0.25, -0.2) is 0 Å². The first-order valence-corrected chi connectivity index (χ1v) is 9.53. The van der Waals surface area contributed by atoms with E-state index < -0.39 is 0 Å². The third kappa shape index (κ3) is 5.86. The molecule has 1 aromatic heterocycles. The van der Waals surface area contributed by atoms with Crippen molar-refractivity contribution in [3.05, 3.63) is 77.6 Å². The van der Waals surface area contributed by atoms with Crippen molar-refractivity contribution in [2.24, 2.45) is 0 Å². The van der Waals surface area contributed by atoms with Gasteiger partial charge in [0.15, 0.2) is 11.5 Å². The van der Waals surface area contributed by atoms with Gasteiger partial charge in [0.1, 0.15) is 19.0 Å². The largest absolute Gasteiger partial charge is 0.490 e. The molecule has 0 bridgehead atoms. The predicted octanol–water partition coefficient (Wildman–Crippen LogP) is 4.84. The van der Waals surface area contributed by atoms with Gasteiger partial charge in [-0.15, -0.1) is 0 Å². The molecular weight excluding hydrogens is 392 g/mol. The van der Waals surface area contributed by atoms with E-state index in [-0.39, 0.29) is 5.91 Å². The molecule has 2 aromatic carbocycles. The highest BCUT2D eigenvalue weighted by molar-refractivity contribution is 6.32. The van der Waals surface area contributed by atoms with Gasteiger partial charge >= 0.3 is 0 Å². The zero-order valence-electron chi connectivity index (χ0n) is 15.9. The molecule has 0 fully saturated rings. The van der Waals surface area contributed by atoms with Crippen LogP contribution in [0.4, 0.5) is 5.69 Å². The summed E-state index contributed by atoms with van der Waals surface area (Å²) in [6, 6.07) is 15.8. The van der Waals surface area contributed by atoms with E-state index in [1.165, 1.54) is 0 Å². The van der Waals surface area contributed by atoms with Crippen LogP contribution in [0.3, 0.4) is 0 Å². The molecule has 0 saturated carbocycles. The highest BCUT2D eigenvalue weighted by Crippen LogP contribution is 2.29. The summed E-state index contributed by atoms with van der Waals surface area (Å²) in [6.45, 7) is 2.93. The molecule has 0 radical (unpaired) electrons. The Labute approximate surface area is 174 Å². The van der Waals surface area contributed by atoms with Crippen LogP contribution in [0.1, 0.15) is 17.3 Å². The van der Waals surface area contributed by atoms with Crippen molar-refractivity contribution < 1.29 is 19.0 Å². The molecule has 0 aliphatic heterocycles. The van der Waals surface area contributed by atoms with Gasteiger partial charge < -0.3 is 19.5 Å². The number of rotatable bonds is 9. The Morgan fingerprint density at radius 3 is 2.48 bits per heavy atom. The maximum absolute atomic E-state index is 12.5. The Bertz CT molecular complexity index is 951. The monoisotopic (exact) mass is 412 g/mol. The molecule has 6 nitrogen and oxygen atoms in total. The number of ether oxygens (including phenoxy) is 3. The molecule has 0 spiro atoms. The van der Waals surface area contributed by atoms with E-state index in [0.717, 1.165) is 0 Å². The normalized spacial score (nSPS) is 10.3. The van der Waals surface area contributed by atoms with Gasteiger partial charge in [0.2, 0.25) is 0 Å². The Morgan fingerprint density at radius 1 is 0.966 bits per heavy atom. The lowest BCUT2D eigenvalue weighted by Crippen LogP contribution is -2.13. The van der Waals surface area contributed by atoms with Crippen LogP contribution in [0, 0.1) is 0 Å². The van der Waals surface area contributed by atoms with Gasteiger partial charge in [0.05, 0.1) is 23.5 Å². The number of halogens is 1. The first-order chi connectivity index (χ1) is 14.2. The van der Waals surface area contributed by atoms with Gasteiger partial charge in [0.25, 0.3) is 5.91 Å². The maximum Gasteiger partial charge on any atom is 0.255 e. The molecule has 1 amide bonds. The highest BCUT2D eigenvalue weighted by atomic mass is 35.5. The van der Waals surface area contributed by atoms with Crippen molar-refractivity contribution in [1.29, 1.82) is 0 Å². The summed E-state index contributed by atoms with van der Waals surface area (Å²) in [7, 11) is 0. The summed E-state index contributed by atoms with van der Waals surface area (Å²) >= 11 is 6.06. The molecule has 3 aromatic rings. The third-order valence-corrected chi connectivity index (χ3v) is 4.17. The molecule has 1 heterocycles. The van der Waals surface area contributed by atoms with Crippen molar-refractivity contribution in [3.8, 4) is 17.2 Å². The van der Waals surface area contributed by atoms with Crippen LogP contribution in [0.5, 0.6) is 17.2 Å². The van der Waals surface area contributed by atoms with Gasteiger partial charge in [-0.3, -0.25) is 9.78 Å². The van der Waals surface area contributed by atoms with Crippen LogP contribution < -0.4 is 19.5 Å². The number of aromatic nitrogens is 1. The van der Waals surface area contributed by atoms with E-state index >= 15 is 0 Å². The average Bonchev–Trinajstić information content (AvgIpc) is 2.74. The van der Waals surface area contributed by atoms with Crippen molar-refractivity contribution in [1.82, 2.24) is 4.98 Å². The maximum atomic E-state index is 12.5. The Hall–Kier alpha value is -3.25. The molecule has 1 N–H and O–H groups in total. The second-order valence-corrected chi connectivity index (χ2v) is 6.32. The van der Waals surface area contributed by atoms with Gasteiger partial charge in [0, 0.05) is 11.8 Å². The first kappa shape index (κ1) is 20.5. The van der Waals surface area contributed by atoms with E-state index in [9.17, 15) is 4.79 Å². The van der Waals surface area contributed by atoms with E-state index in [4.69, 9.17) is 25.8 Å². The molecule has 150 valence electrons. The van der Waals surface area contributed by atoms with E-state index in [1.807, 2.05) is 19.1 Å². The number of carbonyl (C=O) groups is 1. The SMILES string of the molecule is CCOc1cc(C(=O)Nc2cccnc2)ccc1OCCOc1ccccc1Cl. The lowest BCUT2D eigenvalue weighted by molar-refractivity contribution is 0.102.